The van der Waals surface area contributed by atoms with E-state index in [-0.39, 0.29) is 12.0 Å². The highest BCUT2D eigenvalue weighted by atomic mass is 19.4. The topological polar surface area (TPSA) is 56.9 Å². The first kappa shape index (κ1) is 10.3. The third kappa shape index (κ3) is 1.93. The molecule has 0 fully saturated rings. The van der Waals surface area contributed by atoms with Gasteiger partial charge in [-0.15, -0.1) is 0 Å². The maximum absolute atomic E-state index is 12.2. The Balaban J connectivity index is 3.22. The largest absolute Gasteiger partial charge is 0.505 e. The predicted octanol–water partition coefficient (Wildman–Crippen LogP) is 1.87. The summed E-state index contributed by atoms with van der Waals surface area (Å²) >= 11 is 0. The molecule has 1 rings (SSSR count). The number of hydrogen-bond donors (Lipinski definition) is 1. The number of aromatic hydroxyl groups is 1. The van der Waals surface area contributed by atoms with Gasteiger partial charge in [0, 0.05) is 11.8 Å². The summed E-state index contributed by atoms with van der Waals surface area (Å²) < 4.78 is 36.5. The molecule has 1 heterocycles. The summed E-state index contributed by atoms with van der Waals surface area (Å²) in [6.45, 7) is 0. The van der Waals surface area contributed by atoms with Crippen LogP contribution in [0.2, 0.25) is 0 Å². The van der Waals surface area contributed by atoms with Crippen LogP contribution in [0.3, 0.4) is 0 Å². The summed E-state index contributed by atoms with van der Waals surface area (Å²) in [5.74, 6) is -0.971. The van der Waals surface area contributed by atoms with Crippen molar-refractivity contribution in [3.05, 3.63) is 23.5 Å². The third-order valence-corrected chi connectivity index (χ3v) is 1.55. The van der Waals surface area contributed by atoms with Gasteiger partial charge in [-0.3, -0.25) is 0 Å². The fourth-order valence-corrected chi connectivity index (χ4v) is 0.929. The molecular weight excluding hydrogens is 197 g/mol. The number of alkyl halides is 3. The standard InChI is InChI=1S/C8H5F3N2O/c9-8(10,11)7-6(14)5(1-3-12)2-4-13-7/h2,4,14H,1H2. The van der Waals surface area contributed by atoms with Crippen LogP contribution >= 0.6 is 0 Å². The molecule has 0 atom stereocenters. The summed E-state index contributed by atoms with van der Waals surface area (Å²) in [4.78, 5) is 3.01. The Morgan fingerprint density at radius 1 is 1.50 bits per heavy atom. The van der Waals surface area contributed by atoms with Crippen molar-refractivity contribution in [1.82, 2.24) is 4.98 Å². The van der Waals surface area contributed by atoms with E-state index in [1.165, 1.54) is 6.07 Å². The number of aromatic nitrogens is 1. The van der Waals surface area contributed by atoms with Gasteiger partial charge in [0.25, 0.3) is 0 Å². The Hall–Kier alpha value is -1.77. The zero-order valence-electron chi connectivity index (χ0n) is 6.84. The van der Waals surface area contributed by atoms with Gasteiger partial charge in [0.05, 0.1) is 12.5 Å². The number of halogens is 3. The first-order valence-electron chi connectivity index (χ1n) is 3.58. The zero-order valence-corrected chi connectivity index (χ0v) is 6.84. The number of pyridine rings is 1. The van der Waals surface area contributed by atoms with E-state index in [0.717, 1.165) is 6.20 Å². The molecule has 0 radical (unpaired) electrons. The van der Waals surface area contributed by atoms with Gasteiger partial charge in [0.1, 0.15) is 0 Å². The number of rotatable bonds is 1. The number of nitrogens with zero attached hydrogens (tertiary/aromatic N) is 2. The average molecular weight is 202 g/mol. The second-order valence-electron chi connectivity index (χ2n) is 2.50. The number of nitriles is 1. The van der Waals surface area contributed by atoms with Gasteiger partial charge in [-0.2, -0.15) is 18.4 Å². The van der Waals surface area contributed by atoms with Crippen LogP contribution in [0, 0.1) is 11.3 Å². The van der Waals surface area contributed by atoms with E-state index >= 15 is 0 Å². The van der Waals surface area contributed by atoms with Gasteiger partial charge in [0.15, 0.2) is 11.4 Å². The molecule has 0 amide bonds. The van der Waals surface area contributed by atoms with E-state index in [9.17, 15) is 13.2 Å². The summed E-state index contributed by atoms with van der Waals surface area (Å²) in [7, 11) is 0. The summed E-state index contributed by atoms with van der Waals surface area (Å²) in [6, 6.07) is 2.82. The van der Waals surface area contributed by atoms with Crippen LogP contribution in [0.25, 0.3) is 0 Å². The minimum atomic E-state index is -4.70. The molecule has 0 bridgehead atoms. The van der Waals surface area contributed by atoms with Gasteiger partial charge in [-0.25, -0.2) is 4.98 Å². The highest BCUT2D eigenvalue weighted by Gasteiger charge is 2.36. The first-order chi connectivity index (χ1) is 6.46. The Kier molecular flexibility index (Phi) is 2.60. The summed E-state index contributed by atoms with van der Waals surface area (Å²) in [5.41, 5.74) is -1.43. The van der Waals surface area contributed by atoms with E-state index in [0.29, 0.717) is 0 Å². The third-order valence-electron chi connectivity index (χ3n) is 1.55. The van der Waals surface area contributed by atoms with E-state index in [1.807, 2.05) is 0 Å². The van der Waals surface area contributed by atoms with Crippen molar-refractivity contribution in [2.45, 2.75) is 12.6 Å². The Morgan fingerprint density at radius 2 is 2.14 bits per heavy atom. The quantitative estimate of drug-likeness (QED) is 0.756. The molecular formula is C8H5F3N2O. The van der Waals surface area contributed by atoms with Crippen molar-refractivity contribution < 1.29 is 18.3 Å². The smallest absolute Gasteiger partial charge is 0.437 e. The highest BCUT2D eigenvalue weighted by Crippen LogP contribution is 2.35. The van der Waals surface area contributed by atoms with Gasteiger partial charge in [0.2, 0.25) is 0 Å². The van der Waals surface area contributed by atoms with Crippen LogP contribution in [-0.2, 0) is 12.6 Å². The molecule has 14 heavy (non-hydrogen) atoms. The molecule has 0 aliphatic heterocycles. The van der Waals surface area contributed by atoms with Crippen molar-refractivity contribution in [3.63, 3.8) is 0 Å². The molecule has 74 valence electrons. The van der Waals surface area contributed by atoms with Crippen molar-refractivity contribution in [2.24, 2.45) is 0 Å². The van der Waals surface area contributed by atoms with Crippen molar-refractivity contribution in [1.29, 1.82) is 5.26 Å². The van der Waals surface area contributed by atoms with Crippen molar-refractivity contribution in [2.75, 3.05) is 0 Å². The maximum atomic E-state index is 12.2. The Labute approximate surface area is 77.4 Å². The fourth-order valence-electron chi connectivity index (χ4n) is 0.929. The lowest BCUT2D eigenvalue weighted by Gasteiger charge is -2.09. The van der Waals surface area contributed by atoms with Crippen LogP contribution in [0.5, 0.6) is 5.75 Å². The molecule has 0 aliphatic rings. The van der Waals surface area contributed by atoms with Gasteiger partial charge >= 0.3 is 6.18 Å². The first-order valence-corrected chi connectivity index (χ1v) is 3.58. The minimum Gasteiger partial charge on any atom is -0.505 e. The van der Waals surface area contributed by atoms with Crippen molar-refractivity contribution >= 4 is 0 Å². The second-order valence-corrected chi connectivity index (χ2v) is 2.50. The molecule has 0 spiro atoms. The Morgan fingerprint density at radius 3 is 2.64 bits per heavy atom. The molecule has 0 saturated carbocycles. The van der Waals surface area contributed by atoms with Crippen LogP contribution in [0.15, 0.2) is 12.3 Å². The average Bonchev–Trinajstić information content (AvgIpc) is 2.07. The van der Waals surface area contributed by atoms with Crippen LogP contribution in [0.1, 0.15) is 11.3 Å². The SMILES string of the molecule is N#CCc1ccnc(C(F)(F)F)c1O. The maximum Gasteiger partial charge on any atom is 0.437 e. The lowest BCUT2D eigenvalue weighted by Crippen LogP contribution is -2.09. The van der Waals surface area contributed by atoms with Crippen molar-refractivity contribution in [3.8, 4) is 11.8 Å². The molecule has 0 unspecified atom stereocenters. The zero-order chi connectivity index (χ0) is 10.8. The lowest BCUT2D eigenvalue weighted by molar-refractivity contribution is -0.142. The van der Waals surface area contributed by atoms with E-state index in [4.69, 9.17) is 10.4 Å². The molecule has 0 saturated heterocycles. The normalized spacial score (nSPS) is 11.0. The molecule has 1 N–H and O–H groups in total. The monoisotopic (exact) mass is 202 g/mol. The van der Waals surface area contributed by atoms with E-state index in [1.54, 1.807) is 6.07 Å². The molecule has 3 nitrogen and oxygen atoms in total. The van der Waals surface area contributed by atoms with Gasteiger partial charge < -0.3 is 5.11 Å². The fraction of sp³-hybridized carbons (Fsp3) is 0.250. The minimum absolute atomic E-state index is 0.0742. The highest BCUT2D eigenvalue weighted by molar-refractivity contribution is 5.38. The van der Waals surface area contributed by atoms with Gasteiger partial charge in [-0.05, 0) is 6.07 Å². The molecule has 6 heteroatoms. The predicted molar refractivity (Wildman–Crippen MR) is 40.2 cm³/mol. The van der Waals surface area contributed by atoms with Crippen LogP contribution in [0.4, 0.5) is 13.2 Å². The molecule has 0 aliphatic carbocycles. The molecule has 1 aromatic rings. The number of hydrogen-bond acceptors (Lipinski definition) is 3. The molecule has 1 aromatic heterocycles. The lowest BCUT2D eigenvalue weighted by atomic mass is 10.1. The summed E-state index contributed by atoms with van der Waals surface area (Å²) in [5, 5.41) is 17.4. The van der Waals surface area contributed by atoms with Crippen LogP contribution < -0.4 is 0 Å². The van der Waals surface area contributed by atoms with E-state index < -0.39 is 17.6 Å². The second kappa shape index (κ2) is 3.54. The summed E-state index contributed by atoms with van der Waals surface area (Å²) in [6.07, 6.45) is -4.07. The van der Waals surface area contributed by atoms with Gasteiger partial charge in [-0.1, -0.05) is 0 Å². The Bertz CT molecular complexity index is 381. The van der Waals surface area contributed by atoms with Crippen LogP contribution in [-0.4, -0.2) is 10.1 Å². The molecule has 0 aromatic carbocycles. The van der Waals surface area contributed by atoms with E-state index in [2.05, 4.69) is 4.98 Å².